The molecule has 2 aliphatic carbocycles. The van der Waals surface area contributed by atoms with Gasteiger partial charge in [-0.2, -0.15) is 0 Å². The molecule has 0 amide bonds. The first-order chi connectivity index (χ1) is 19.2. The Morgan fingerprint density at radius 2 is 1.07 bits per heavy atom. The minimum absolute atomic E-state index is 0.130. The van der Waals surface area contributed by atoms with Gasteiger partial charge in [-0.1, -0.05) is 63.6 Å². The lowest BCUT2D eigenvalue weighted by Crippen LogP contribution is -2.13. The smallest absolute Gasteiger partial charge is 0.119 e. The van der Waals surface area contributed by atoms with Gasteiger partial charge in [0.2, 0.25) is 0 Å². The van der Waals surface area contributed by atoms with Crippen LogP contribution >= 0.6 is 0 Å². The highest BCUT2D eigenvalue weighted by Crippen LogP contribution is 2.45. The summed E-state index contributed by atoms with van der Waals surface area (Å²) in [6.45, 7) is 8.67. The predicted octanol–water partition coefficient (Wildman–Crippen LogP) is 10.1. The summed E-state index contributed by atoms with van der Waals surface area (Å²) in [5.41, 5.74) is 9.43. The quantitative estimate of drug-likeness (QED) is 0.279. The van der Waals surface area contributed by atoms with E-state index in [0.717, 1.165) is 59.9 Å². The van der Waals surface area contributed by atoms with Gasteiger partial charge in [0.15, 0.2) is 0 Å². The van der Waals surface area contributed by atoms with Crippen molar-refractivity contribution in [1.82, 2.24) is 0 Å². The van der Waals surface area contributed by atoms with Crippen molar-refractivity contribution >= 4 is 0 Å². The fourth-order valence-corrected chi connectivity index (χ4v) is 7.79. The van der Waals surface area contributed by atoms with Gasteiger partial charge < -0.3 is 15.3 Å². The lowest BCUT2D eigenvalue weighted by atomic mass is 9.75. The first-order valence-corrected chi connectivity index (χ1v) is 15.7. The SMILES string of the molecule is Cc1cc(O)c(C2CCCCC2)cc1C(C)CC(c1ccc(O)cc1C)c1cc(C2CCCCC2)c(O)cc1C. The number of aryl methyl sites for hydroxylation is 3. The molecule has 0 saturated heterocycles. The predicted molar refractivity (Wildman–Crippen MR) is 165 cm³/mol. The highest BCUT2D eigenvalue weighted by atomic mass is 16.3. The van der Waals surface area contributed by atoms with Crippen molar-refractivity contribution in [1.29, 1.82) is 0 Å². The molecule has 3 aromatic carbocycles. The van der Waals surface area contributed by atoms with Crippen molar-refractivity contribution in [2.24, 2.45) is 0 Å². The Labute approximate surface area is 241 Å². The molecular weight excluding hydrogens is 492 g/mol. The van der Waals surface area contributed by atoms with Gasteiger partial charge in [-0.3, -0.25) is 0 Å². The monoisotopic (exact) mass is 540 g/mol. The van der Waals surface area contributed by atoms with E-state index < -0.39 is 0 Å². The molecule has 3 nitrogen and oxygen atoms in total. The molecule has 0 aliphatic heterocycles. The van der Waals surface area contributed by atoms with Crippen LogP contribution in [-0.2, 0) is 0 Å². The van der Waals surface area contributed by atoms with Crippen molar-refractivity contribution in [2.45, 2.75) is 122 Å². The van der Waals surface area contributed by atoms with E-state index in [9.17, 15) is 15.3 Å². The summed E-state index contributed by atoms with van der Waals surface area (Å²) in [6.07, 6.45) is 13.1. The standard InChI is InChI=1S/C37H48O3/c1-23-17-29(38)15-16-30(23)35(32-22-34(37(40)20-26(32)4)28-13-9-6-10-14-28)18-24(2)31-21-33(36(39)19-25(31)3)27-11-7-5-8-12-27/h15-17,19-22,24,27-28,35,38-40H,5-14,18H2,1-4H3. The largest absolute Gasteiger partial charge is 0.508 e. The molecule has 3 aromatic rings. The van der Waals surface area contributed by atoms with Gasteiger partial charge in [-0.05, 0) is 139 Å². The van der Waals surface area contributed by atoms with Crippen molar-refractivity contribution in [3.05, 3.63) is 87.0 Å². The van der Waals surface area contributed by atoms with E-state index in [1.165, 1.54) is 55.2 Å². The fraction of sp³-hybridized carbons (Fsp3) is 0.514. The molecule has 214 valence electrons. The van der Waals surface area contributed by atoms with Crippen molar-refractivity contribution in [3.8, 4) is 17.2 Å². The molecule has 2 saturated carbocycles. The van der Waals surface area contributed by atoms with Crippen molar-refractivity contribution in [2.75, 3.05) is 0 Å². The molecule has 0 bridgehead atoms. The lowest BCUT2D eigenvalue weighted by molar-refractivity contribution is 0.413. The number of benzene rings is 3. The van der Waals surface area contributed by atoms with Crippen LogP contribution in [0.3, 0.4) is 0 Å². The Morgan fingerprint density at radius 1 is 0.600 bits per heavy atom. The number of rotatable bonds is 7. The Balaban J connectivity index is 1.55. The molecule has 0 heterocycles. The molecule has 2 unspecified atom stereocenters. The number of phenolic OH excluding ortho intramolecular Hbond substituents is 3. The maximum absolute atomic E-state index is 11.0. The van der Waals surface area contributed by atoms with Crippen LogP contribution in [0.4, 0.5) is 0 Å². The maximum Gasteiger partial charge on any atom is 0.119 e. The van der Waals surface area contributed by atoms with Gasteiger partial charge in [-0.15, -0.1) is 0 Å². The second kappa shape index (κ2) is 12.3. The van der Waals surface area contributed by atoms with Crippen LogP contribution in [-0.4, -0.2) is 15.3 Å². The van der Waals surface area contributed by atoms with E-state index in [1.54, 1.807) is 0 Å². The summed E-state index contributed by atoms with van der Waals surface area (Å²) in [5, 5.41) is 32.2. The molecule has 40 heavy (non-hydrogen) atoms. The summed E-state index contributed by atoms with van der Waals surface area (Å²) in [7, 11) is 0. The van der Waals surface area contributed by atoms with Gasteiger partial charge >= 0.3 is 0 Å². The molecule has 0 aromatic heterocycles. The van der Waals surface area contributed by atoms with Gasteiger partial charge in [0, 0.05) is 5.92 Å². The zero-order chi connectivity index (χ0) is 28.4. The third-order valence-electron chi connectivity index (χ3n) is 10.0. The minimum Gasteiger partial charge on any atom is -0.508 e. The van der Waals surface area contributed by atoms with Gasteiger partial charge in [0.1, 0.15) is 17.2 Å². The lowest BCUT2D eigenvalue weighted by Gasteiger charge is -2.30. The van der Waals surface area contributed by atoms with Crippen LogP contribution in [0.5, 0.6) is 17.2 Å². The second-order valence-electron chi connectivity index (χ2n) is 12.9. The molecule has 5 rings (SSSR count). The molecule has 2 aliphatic rings. The molecule has 2 fully saturated rings. The topological polar surface area (TPSA) is 60.7 Å². The van der Waals surface area contributed by atoms with Crippen LogP contribution < -0.4 is 0 Å². The van der Waals surface area contributed by atoms with Gasteiger partial charge in [-0.25, -0.2) is 0 Å². The van der Waals surface area contributed by atoms with E-state index in [2.05, 4.69) is 45.9 Å². The molecule has 2 atom stereocenters. The zero-order valence-corrected chi connectivity index (χ0v) is 25.0. The Kier molecular flexibility index (Phi) is 8.78. The molecule has 3 heteroatoms. The second-order valence-corrected chi connectivity index (χ2v) is 12.9. The van der Waals surface area contributed by atoms with Crippen LogP contribution in [0.15, 0.2) is 42.5 Å². The Hall–Kier alpha value is -2.94. The molecule has 0 spiro atoms. The third-order valence-corrected chi connectivity index (χ3v) is 10.0. The van der Waals surface area contributed by atoms with Gasteiger partial charge in [0.05, 0.1) is 0 Å². The van der Waals surface area contributed by atoms with E-state index in [1.807, 2.05) is 24.3 Å². The van der Waals surface area contributed by atoms with Crippen LogP contribution in [0, 0.1) is 20.8 Å². The average Bonchev–Trinajstić information content (AvgIpc) is 2.93. The highest BCUT2D eigenvalue weighted by molar-refractivity contribution is 5.51. The summed E-state index contributed by atoms with van der Waals surface area (Å²) in [6, 6.07) is 14.4. The van der Waals surface area contributed by atoms with E-state index in [-0.39, 0.29) is 11.8 Å². The van der Waals surface area contributed by atoms with Crippen LogP contribution in [0.25, 0.3) is 0 Å². The molecular formula is C37H48O3. The van der Waals surface area contributed by atoms with Crippen LogP contribution in [0.1, 0.15) is 146 Å². The van der Waals surface area contributed by atoms with Crippen molar-refractivity contribution < 1.29 is 15.3 Å². The number of phenols is 3. The average molecular weight is 541 g/mol. The first kappa shape index (κ1) is 28.6. The van der Waals surface area contributed by atoms with Crippen molar-refractivity contribution in [3.63, 3.8) is 0 Å². The van der Waals surface area contributed by atoms with Crippen LogP contribution in [0.2, 0.25) is 0 Å². The number of aromatic hydroxyl groups is 3. The summed E-state index contributed by atoms with van der Waals surface area (Å²) < 4.78 is 0. The maximum atomic E-state index is 11.0. The molecule has 3 N–H and O–H groups in total. The van der Waals surface area contributed by atoms with E-state index in [4.69, 9.17) is 0 Å². The normalized spacial score (nSPS) is 18.5. The third kappa shape index (κ3) is 6.04. The fourth-order valence-electron chi connectivity index (χ4n) is 7.79. The number of hydrogen-bond donors (Lipinski definition) is 3. The number of hydrogen-bond acceptors (Lipinski definition) is 3. The summed E-state index contributed by atoms with van der Waals surface area (Å²) in [5.74, 6) is 2.46. The summed E-state index contributed by atoms with van der Waals surface area (Å²) >= 11 is 0. The van der Waals surface area contributed by atoms with E-state index >= 15 is 0 Å². The van der Waals surface area contributed by atoms with Gasteiger partial charge in [0.25, 0.3) is 0 Å². The van der Waals surface area contributed by atoms with E-state index in [0.29, 0.717) is 29.1 Å². The molecule has 0 radical (unpaired) electrons. The Bertz CT molecular complexity index is 1330. The highest BCUT2D eigenvalue weighted by Gasteiger charge is 2.27. The summed E-state index contributed by atoms with van der Waals surface area (Å²) in [4.78, 5) is 0. The first-order valence-electron chi connectivity index (χ1n) is 15.7. The zero-order valence-electron chi connectivity index (χ0n) is 25.0. The minimum atomic E-state index is 0.130. The Morgan fingerprint density at radius 3 is 1.60 bits per heavy atom.